The lowest BCUT2D eigenvalue weighted by Crippen LogP contribution is -2.46. The molecule has 0 aliphatic carbocycles. The number of hydrogen-bond acceptors (Lipinski definition) is 5. The molecule has 18 heavy (non-hydrogen) atoms. The van der Waals surface area contributed by atoms with Crippen molar-refractivity contribution in [2.75, 3.05) is 6.54 Å². The van der Waals surface area contributed by atoms with Gasteiger partial charge >= 0.3 is 12.0 Å². The number of β-amino-alcohol motifs (C(OH)–C–C–N with tert-alkyl or cyclic N) is 1. The van der Waals surface area contributed by atoms with Gasteiger partial charge in [0, 0.05) is 19.0 Å². The molecule has 2 amide bonds. The number of aliphatic hydroxyl groups excluding tert-OH is 1. The quantitative estimate of drug-likeness (QED) is 0.664. The van der Waals surface area contributed by atoms with Gasteiger partial charge in [-0.3, -0.25) is 0 Å². The molecule has 2 unspecified atom stereocenters. The van der Waals surface area contributed by atoms with Gasteiger partial charge in [-0.1, -0.05) is 5.16 Å². The molecule has 0 radical (unpaired) electrons. The Morgan fingerprint density at radius 1 is 1.61 bits per heavy atom. The Kier molecular flexibility index (Phi) is 3.47. The topological polar surface area (TPSA) is 116 Å². The van der Waals surface area contributed by atoms with Crippen LogP contribution in [0.3, 0.4) is 0 Å². The summed E-state index contributed by atoms with van der Waals surface area (Å²) in [5.74, 6) is -1.12. The van der Waals surface area contributed by atoms with Crippen LogP contribution in [0.15, 0.2) is 16.9 Å². The zero-order valence-corrected chi connectivity index (χ0v) is 9.44. The Labute approximate surface area is 102 Å². The first kappa shape index (κ1) is 12.4. The highest BCUT2D eigenvalue weighted by molar-refractivity contribution is 5.83. The predicted octanol–water partition coefficient (Wildman–Crippen LogP) is -0.596. The molecule has 2 rings (SSSR count). The van der Waals surface area contributed by atoms with E-state index in [-0.39, 0.29) is 19.5 Å². The Hall–Kier alpha value is -2.09. The lowest BCUT2D eigenvalue weighted by atomic mass is 10.2. The number of nitrogens with zero attached hydrogens (tertiary/aromatic N) is 2. The molecule has 8 heteroatoms. The summed E-state index contributed by atoms with van der Waals surface area (Å²) in [6, 6.07) is 0.0626. The summed E-state index contributed by atoms with van der Waals surface area (Å²) in [7, 11) is 0. The monoisotopic (exact) mass is 255 g/mol. The van der Waals surface area contributed by atoms with Crippen molar-refractivity contribution in [2.45, 2.75) is 25.1 Å². The predicted molar refractivity (Wildman–Crippen MR) is 57.5 cm³/mol. The van der Waals surface area contributed by atoms with Gasteiger partial charge in [0.1, 0.15) is 18.0 Å². The number of carbonyl (C=O) groups excluding carboxylic acids is 1. The van der Waals surface area contributed by atoms with E-state index in [0.29, 0.717) is 5.69 Å². The normalized spacial score (nSPS) is 23.1. The number of urea groups is 1. The third kappa shape index (κ3) is 2.59. The Morgan fingerprint density at radius 2 is 2.39 bits per heavy atom. The third-order valence-corrected chi connectivity index (χ3v) is 2.74. The van der Waals surface area contributed by atoms with Crippen molar-refractivity contribution in [1.82, 2.24) is 15.4 Å². The molecular formula is C10H13N3O5. The first-order valence-corrected chi connectivity index (χ1v) is 5.42. The Balaban J connectivity index is 1.93. The number of hydrogen-bond donors (Lipinski definition) is 3. The lowest BCUT2D eigenvalue weighted by molar-refractivity contribution is -0.141. The average molecular weight is 255 g/mol. The summed E-state index contributed by atoms with van der Waals surface area (Å²) < 4.78 is 4.60. The van der Waals surface area contributed by atoms with E-state index in [0.717, 1.165) is 4.90 Å². The summed E-state index contributed by atoms with van der Waals surface area (Å²) in [4.78, 5) is 23.8. The Morgan fingerprint density at radius 3 is 3.00 bits per heavy atom. The number of carboxylic acids is 1. The fourth-order valence-electron chi connectivity index (χ4n) is 1.87. The molecule has 2 heterocycles. The van der Waals surface area contributed by atoms with Gasteiger partial charge in [-0.25, -0.2) is 9.59 Å². The molecule has 0 spiro atoms. The van der Waals surface area contributed by atoms with Crippen LogP contribution in [0, 0.1) is 0 Å². The SMILES string of the molecule is O=C(O)C1CC(O)CN1C(=O)NCc1ccon1. The van der Waals surface area contributed by atoms with Gasteiger partial charge in [-0.05, 0) is 0 Å². The summed E-state index contributed by atoms with van der Waals surface area (Å²) in [6.45, 7) is 0.163. The van der Waals surface area contributed by atoms with Crippen LogP contribution < -0.4 is 5.32 Å². The standard InChI is InChI=1S/C10H13N3O5/c14-7-3-8(9(15)16)13(5-7)10(17)11-4-6-1-2-18-12-6/h1-2,7-8,14H,3-5H2,(H,11,17)(H,15,16). The van der Waals surface area contributed by atoms with Gasteiger partial charge in [0.2, 0.25) is 0 Å². The van der Waals surface area contributed by atoms with Gasteiger partial charge in [-0.15, -0.1) is 0 Å². The van der Waals surface area contributed by atoms with Gasteiger partial charge < -0.3 is 25.0 Å². The number of aromatic nitrogens is 1. The Bertz CT molecular complexity index is 433. The number of rotatable bonds is 3. The number of carbonyl (C=O) groups is 2. The minimum Gasteiger partial charge on any atom is -0.480 e. The molecule has 0 aromatic carbocycles. The van der Waals surface area contributed by atoms with E-state index in [4.69, 9.17) is 5.11 Å². The highest BCUT2D eigenvalue weighted by atomic mass is 16.5. The fraction of sp³-hybridized carbons (Fsp3) is 0.500. The van der Waals surface area contributed by atoms with Crippen LogP contribution in [0.4, 0.5) is 4.79 Å². The van der Waals surface area contributed by atoms with E-state index in [1.165, 1.54) is 6.26 Å². The van der Waals surface area contributed by atoms with E-state index < -0.39 is 24.1 Å². The zero-order valence-electron chi connectivity index (χ0n) is 9.44. The maximum absolute atomic E-state index is 11.8. The molecule has 1 aromatic rings. The van der Waals surface area contributed by atoms with Crippen LogP contribution in [0.1, 0.15) is 12.1 Å². The minimum absolute atomic E-state index is 0.0155. The summed E-state index contributed by atoms with van der Waals surface area (Å²) in [6.07, 6.45) is 0.623. The molecule has 8 nitrogen and oxygen atoms in total. The molecule has 1 saturated heterocycles. The number of aliphatic carboxylic acids is 1. The van der Waals surface area contributed by atoms with Gasteiger partial charge in [-0.2, -0.15) is 0 Å². The van der Waals surface area contributed by atoms with E-state index in [2.05, 4.69) is 15.0 Å². The second-order valence-corrected chi connectivity index (χ2v) is 4.05. The van der Waals surface area contributed by atoms with Crippen LogP contribution in [-0.2, 0) is 11.3 Å². The first-order valence-electron chi connectivity index (χ1n) is 5.42. The number of nitrogens with one attached hydrogen (secondary N) is 1. The highest BCUT2D eigenvalue weighted by Gasteiger charge is 2.38. The van der Waals surface area contributed by atoms with Crippen LogP contribution >= 0.6 is 0 Å². The first-order chi connectivity index (χ1) is 8.58. The molecular weight excluding hydrogens is 242 g/mol. The third-order valence-electron chi connectivity index (χ3n) is 2.74. The lowest BCUT2D eigenvalue weighted by Gasteiger charge is -2.21. The molecule has 1 aliphatic rings. The van der Waals surface area contributed by atoms with Crippen molar-refractivity contribution in [3.8, 4) is 0 Å². The molecule has 0 saturated carbocycles. The molecule has 0 bridgehead atoms. The number of aliphatic hydroxyl groups is 1. The second kappa shape index (κ2) is 5.05. The maximum atomic E-state index is 11.8. The van der Waals surface area contributed by atoms with Crippen molar-refractivity contribution in [2.24, 2.45) is 0 Å². The van der Waals surface area contributed by atoms with E-state index in [1.54, 1.807) is 6.07 Å². The van der Waals surface area contributed by atoms with E-state index in [9.17, 15) is 14.7 Å². The molecule has 3 N–H and O–H groups in total. The van der Waals surface area contributed by atoms with Crippen molar-refractivity contribution < 1.29 is 24.3 Å². The largest absolute Gasteiger partial charge is 0.480 e. The average Bonchev–Trinajstić information content (AvgIpc) is 2.94. The van der Waals surface area contributed by atoms with Gasteiger partial charge in [0.15, 0.2) is 0 Å². The molecule has 1 fully saturated rings. The van der Waals surface area contributed by atoms with Crippen molar-refractivity contribution in [3.63, 3.8) is 0 Å². The summed E-state index contributed by atoms with van der Waals surface area (Å²) in [5.41, 5.74) is 0.537. The summed E-state index contributed by atoms with van der Waals surface area (Å²) in [5, 5.41) is 24.5. The van der Waals surface area contributed by atoms with Crippen LogP contribution in [0.25, 0.3) is 0 Å². The van der Waals surface area contributed by atoms with Gasteiger partial charge in [0.05, 0.1) is 12.6 Å². The van der Waals surface area contributed by atoms with Crippen LogP contribution in [-0.4, -0.2) is 51.0 Å². The molecule has 1 aliphatic heterocycles. The fourth-order valence-corrected chi connectivity index (χ4v) is 1.87. The second-order valence-electron chi connectivity index (χ2n) is 4.05. The number of amides is 2. The summed E-state index contributed by atoms with van der Waals surface area (Å²) >= 11 is 0. The highest BCUT2D eigenvalue weighted by Crippen LogP contribution is 2.18. The van der Waals surface area contributed by atoms with Crippen molar-refractivity contribution in [3.05, 3.63) is 18.0 Å². The minimum atomic E-state index is -1.12. The van der Waals surface area contributed by atoms with E-state index in [1.807, 2.05) is 0 Å². The van der Waals surface area contributed by atoms with Crippen molar-refractivity contribution in [1.29, 1.82) is 0 Å². The van der Waals surface area contributed by atoms with E-state index >= 15 is 0 Å². The number of carboxylic acid groups (broad SMARTS) is 1. The maximum Gasteiger partial charge on any atom is 0.326 e. The van der Waals surface area contributed by atoms with Crippen molar-refractivity contribution >= 4 is 12.0 Å². The zero-order chi connectivity index (χ0) is 13.1. The number of likely N-dealkylation sites (tertiary alicyclic amines) is 1. The van der Waals surface area contributed by atoms with Gasteiger partial charge in [0.25, 0.3) is 0 Å². The molecule has 2 atom stereocenters. The molecule has 1 aromatic heterocycles. The molecule has 98 valence electrons. The smallest absolute Gasteiger partial charge is 0.326 e. The van der Waals surface area contributed by atoms with Crippen LogP contribution in [0.5, 0.6) is 0 Å². The van der Waals surface area contributed by atoms with Crippen LogP contribution in [0.2, 0.25) is 0 Å².